The molecule has 0 bridgehead atoms. The van der Waals surface area contributed by atoms with Crippen LogP contribution in [-0.2, 0) is 22.5 Å². The van der Waals surface area contributed by atoms with Gasteiger partial charge in [-0.15, -0.1) is 0 Å². The summed E-state index contributed by atoms with van der Waals surface area (Å²) in [5, 5.41) is 4.49. The van der Waals surface area contributed by atoms with Crippen molar-refractivity contribution < 1.29 is 9.53 Å². The van der Waals surface area contributed by atoms with Crippen LogP contribution < -0.4 is 4.90 Å². The smallest absolute Gasteiger partial charge is 0.330 e. The molecule has 1 aliphatic rings. The maximum absolute atomic E-state index is 11.6. The standard InChI is InChI=1S/C34H37N3O2/c1-6-36-22-30(21-35-36)28-14-17-32-29(20-28)19-24(4)37(31-15-12-26(13-16-31)23(2)3)34(32)27-10-7-25(8-11-27)9-18-33(38)39-5/h7-18,20-24,34H,6,19H2,1-5H3/b18-9+. The van der Waals surface area contributed by atoms with Gasteiger partial charge in [-0.1, -0.05) is 68.4 Å². The van der Waals surface area contributed by atoms with Gasteiger partial charge in [0.25, 0.3) is 0 Å². The predicted molar refractivity (Wildman–Crippen MR) is 159 cm³/mol. The Hall–Kier alpha value is -4.12. The molecule has 5 heteroatoms. The van der Waals surface area contributed by atoms with Crippen molar-refractivity contribution in [3.8, 4) is 11.1 Å². The Labute approximate surface area is 231 Å². The lowest BCUT2D eigenvalue weighted by Gasteiger charge is -2.44. The number of rotatable bonds is 7. The van der Waals surface area contributed by atoms with Crippen LogP contribution in [0.4, 0.5) is 5.69 Å². The van der Waals surface area contributed by atoms with Crippen molar-refractivity contribution in [2.45, 2.75) is 58.7 Å². The molecule has 2 heterocycles. The molecule has 0 fully saturated rings. The Bertz CT molecular complexity index is 1470. The SMILES string of the molecule is CCn1cc(-c2ccc3c(c2)CC(C)N(c2ccc(C(C)C)cc2)C3c2ccc(/C=C/C(=O)OC)cc2)cn1. The fourth-order valence-corrected chi connectivity index (χ4v) is 5.53. The lowest BCUT2D eigenvalue weighted by atomic mass is 9.83. The van der Waals surface area contributed by atoms with Crippen LogP contribution in [0.3, 0.4) is 0 Å². The molecular formula is C34H37N3O2. The third-order valence-corrected chi connectivity index (χ3v) is 7.72. The summed E-state index contributed by atoms with van der Waals surface area (Å²) in [6.45, 7) is 9.75. The van der Waals surface area contributed by atoms with Gasteiger partial charge in [0.1, 0.15) is 0 Å². The zero-order valence-corrected chi connectivity index (χ0v) is 23.5. The summed E-state index contributed by atoms with van der Waals surface area (Å²) >= 11 is 0. The van der Waals surface area contributed by atoms with E-state index in [4.69, 9.17) is 4.74 Å². The second kappa shape index (κ2) is 11.3. The zero-order chi connectivity index (χ0) is 27.5. The van der Waals surface area contributed by atoms with Crippen molar-refractivity contribution >= 4 is 17.7 Å². The Morgan fingerprint density at radius 1 is 1.05 bits per heavy atom. The molecule has 39 heavy (non-hydrogen) atoms. The summed E-state index contributed by atoms with van der Waals surface area (Å²) < 4.78 is 6.71. The quantitative estimate of drug-likeness (QED) is 0.188. The topological polar surface area (TPSA) is 47.4 Å². The van der Waals surface area contributed by atoms with Gasteiger partial charge in [-0.05, 0) is 77.8 Å². The Kier molecular flexibility index (Phi) is 7.69. The molecule has 0 N–H and O–H groups in total. The molecule has 0 saturated carbocycles. The van der Waals surface area contributed by atoms with Crippen molar-refractivity contribution in [1.82, 2.24) is 9.78 Å². The molecule has 0 aliphatic carbocycles. The molecule has 0 amide bonds. The fourth-order valence-electron chi connectivity index (χ4n) is 5.53. The first-order chi connectivity index (χ1) is 18.9. The zero-order valence-electron chi connectivity index (χ0n) is 23.5. The van der Waals surface area contributed by atoms with Crippen molar-refractivity contribution in [2.75, 3.05) is 12.0 Å². The molecule has 4 aromatic rings. The van der Waals surface area contributed by atoms with Crippen LogP contribution in [-0.4, -0.2) is 28.9 Å². The van der Waals surface area contributed by atoms with Gasteiger partial charge in [-0.3, -0.25) is 4.68 Å². The van der Waals surface area contributed by atoms with Gasteiger partial charge < -0.3 is 9.64 Å². The highest BCUT2D eigenvalue weighted by molar-refractivity contribution is 5.86. The summed E-state index contributed by atoms with van der Waals surface area (Å²) in [6.07, 6.45) is 8.29. The number of aryl methyl sites for hydroxylation is 1. The first-order valence-electron chi connectivity index (χ1n) is 13.8. The van der Waals surface area contributed by atoms with Crippen LogP contribution in [0, 0.1) is 0 Å². The van der Waals surface area contributed by atoms with E-state index in [1.54, 1.807) is 6.08 Å². The number of carbonyl (C=O) groups excluding carboxylic acids is 1. The summed E-state index contributed by atoms with van der Waals surface area (Å²) in [5.74, 6) is 0.140. The summed E-state index contributed by atoms with van der Waals surface area (Å²) in [7, 11) is 1.39. The van der Waals surface area contributed by atoms with Gasteiger partial charge in [0.05, 0.1) is 19.3 Å². The number of nitrogens with zero attached hydrogens (tertiary/aromatic N) is 3. The maximum atomic E-state index is 11.6. The first-order valence-corrected chi connectivity index (χ1v) is 13.8. The molecule has 5 rings (SSSR count). The fraction of sp³-hybridized carbons (Fsp3) is 0.294. The van der Waals surface area contributed by atoms with Crippen LogP contribution in [0.15, 0.2) is 85.2 Å². The van der Waals surface area contributed by atoms with E-state index in [9.17, 15) is 4.79 Å². The molecule has 0 radical (unpaired) electrons. The summed E-state index contributed by atoms with van der Waals surface area (Å²) in [4.78, 5) is 14.1. The van der Waals surface area contributed by atoms with Gasteiger partial charge in [0.15, 0.2) is 0 Å². The van der Waals surface area contributed by atoms with Gasteiger partial charge in [0, 0.05) is 36.1 Å². The van der Waals surface area contributed by atoms with E-state index in [0.717, 1.165) is 24.1 Å². The highest BCUT2D eigenvalue weighted by atomic mass is 16.5. The predicted octanol–water partition coefficient (Wildman–Crippen LogP) is 7.42. The molecular weight excluding hydrogens is 482 g/mol. The number of methoxy groups -OCH3 is 1. The second-order valence-corrected chi connectivity index (χ2v) is 10.6. The normalized spacial score (nSPS) is 17.0. The average molecular weight is 520 g/mol. The van der Waals surface area contributed by atoms with Crippen LogP contribution in [0.1, 0.15) is 67.5 Å². The van der Waals surface area contributed by atoms with Crippen molar-refractivity contribution in [3.05, 3.63) is 113 Å². The summed E-state index contributed by atoms with van der Waals surface area (Å²) in [6, 6.07) is 24.8. The van der Waals surface area contributed by atoms with Crippen LogP contribution in [0.5, 0.6) is 0 Å². The van der Waals surface area contributed by atoms with Crippen molar-refractivity contribution in [1.29, 1.82) is 0 Å². The summed E-state index contributed by atoms with van der Waals surface area (Å²) in [5.41, 5.74) is 9.81. The molecule has 2 unspecified atom stereocenters. The average Bonchev–Trinajstić information content (AvgIpc) is 3.45. The minimum Gasteiger partial charge on any atom is -0.466 e. The Morgan fingerprint density at radius 3 is 2.44 bits per heavy atom. The van der Waals surface area contributed by atoms with E-state index in [-0.39, 0.29) is 12.0 Å². The number of fused-ring (bicyclic) bond motifs is 1. The lowest BCUT2D eigenvalue weighted by molar-refractivity contribution is -0.134. The number of ether oxygens (including phenoxy) is 1. The van der Waals surface area contributed by atoms with Gasteiger partial charge >= 0.3 is 5.97 Å². The third kappa shape index (κ3) is 5.53. The van der Waals surface area contributed by atoms with E-state index >= 15 is 0 Å². The number of aromatic nitrogens is 2. The number of anilines is 1. The second-order valence-electron chi connectivity index (χ2n) is 10.6. The maximum Gasteiger partial charge on any atom is 0.330 e. The first kappa shape index (κ1) is 26.5. The number of hydrogen-bond acceptors (Lipinski definition) is 4. The highest BCUT2D eigenvalue weighted by Crippen LogP contribution is 2.42. The molecule has 1 aromatic heterocycles. The molecule has 2 atom stereocenters. The van der Waals surface area contributed by atoms with E-state index in [1.807, 2.05) is 10.9 Å². The van der Waals surface area contributed by atoms with Crippen molar-refractivity contribution in [2.24, 2.45) is 0 Å². The van der Waals surface area contributed by atoms with Crippen LogP contribution in [0.2, 0.25) is 0 Å². The van der Waals surface area contributed by atoms with E-state index in [0.29, 0.717) is 12.0 Å². The van der Waals surface area contributed by atoms with Crippen LogP contribution in [0.25, 0.3) is 17.2 Å². The van der Waals surface area contributed by atoms with E-state index < -0.39 is 0 Å². The molecule has 5 nitrogen and oxygen atoms in total. The number of hydrogen-bond donors (Lipinski definition) is 0. The monoisotopic (exact) mass is 519 g/mol. The lowest BCUT2D eigenvalue weighted by Crippen LogP contribution is -2.42. The molecule has 1 aliphatic heterocycles. The minimum atomic E-state index is -0.356. The molecule has 0 spiro atoms. The van der Waals surface area contributed by atoms with E-state index in [1.165, 1.54) is 46.7 Å². The molecule has 200 valence electrons. The number of esters is 1. The largest absolute Gasteiger partial charge is 0.466 e. The van der Waals surface area contributed by atoms with Crippen LogP contribution >= 0.6 is 0 Å². The van der Waals surface area contributed by atoms with Crippen molar-refractivity contribution in [3.63, 3.8) is 0 Å². The number of carbonyl (C=O) groups is 1. The minimum absolute atomic E-state index is 0.0692. The van der Waals surface area contributed by atoms with Gasteiger partial charge in [0.2, 0.25) is 0 Å². The Balaban J connectivity index is 1.57. The highest BCUT2D eigenvalue weighted by Gasteiger charge is 2.33. The third-order valence-electron chi connectivity index (χ3n) is 7.72. The van der Waals surface area contributed by atoms with Gasteiger partial charge in [-0.2, -0.15) is 5.10 Å². The molecule has 0 saturated heterocycles. The number of benzene rings is 3. The van der Waals surface area contributed by atoms with E-state index in [2.05, 4.69) is 111 Å². The molecule has 3 aromatic carbocycles. The Morgan fingerprint density at radius 2 is 1.79 bits per heavy atom. The van der Waals surface area contributed by atoms with Gasteiger partial charge in [-0.25, -0.2) is 4.79 Å².